The van der Waals surface area contributed by atoms with Gasteiger partial charge in [0.2, 0.25) is 5.91 Å². The fourth-order valence-electron chi connectivity index (χ4n) is 2.54. The Morgan fingerprint density at radius 2 is 2.31 bits per heavy atom. The van der Waals surface area contributed by atoms with Gasteiger partial charge in [-0.2, -0.15) is 0 Å². The zero-order valence-electron chi connectivity index (χ0n) is 10.1. The molecule has 2 rings (SSSR count). The lowest BCUT2D eigenvalue weighted by atomic mass is 10.0. The van der Waals surface area contributed by atoms with Gasteiger partial charge in [0, 0.05) is 26.2 Å². The smallest absolute Gasteiger partial charge is 0.227 e. The largest absolute Gasteiger partial charge is 0.381 e. The summed E-state index contributed by atoms with van der Waals surface area (Å²) < 4.78 is 5.26. The molecule has 0 radical (unpaired) electrons. The Bertz CT molecular complexity index is 233. The highest BCUT2D eigenvalue weighted by Gasteiger charge is 2.27. The molecule has 92 valence electrons. The van der Waals surface area contributed by atoms with Gasteiger partial charge in [0.1, 0.15) is 0 Å². The minimum absolute atomic E-state index is 0.105. The second-order valence-corrected chi connectivity index (χ2v) is 4.93. The summed E-state index contributed by atoms with van der Waals surface area (Å²) in [5, 5.41) is 3.47. The van der Waals surface area contributed by atoms with Crippen molar-refractivity contribution in [3.05, 3.63) is 0 Å². The summed E-state index contributed by atoms with van der Waals surface area (Å²) in [6.45, 7) is 3.29. The van der Waals surface area contributed by atoms with Crippen LogP contribution >= 0.6 is 0 Å². The van der Waals surface area contributed by atoms with Crippen molar-refractivity contribution < 1.29 is 9.53 Å². The van der Waals surface area contributed by atoms with E-state index in [1.807, 2.05) is 11.9 Å². The minimum atomic E-state index is 0.105. The second-order valence-electron chi connectivity index (χ2n) is 4.93. The van der Waals surface area contributed by atoms with Crippen LogP contribution in [0.3, 0.4) is 0 Å². The summed E-state index contributed by atoms with van der Waals surface area (Å²) in [7, 11) is 1.91. The molecule has 2 heterocycles. The molecule has 0 spiro atoms. The number of carbonyl (C=O) groups is 1. The SMILES string of the molecule is CN(CC1CCCCN1)C(=O)C1CCOC1. The Labute approximate surface area is 97.3 Å². The number of rotatable bonds is 3. The van der Waals surface area contributed by atoms with Crippen molar-refractivity contribution in [3.63, 3.8) is 0 Å². The van der Waals surface area contributed by atoms with E-state index in [1.54, 1.807) is 0 Å². The van der Waals surface area contributed by atoms with Crippen molar-refractivity contribution in [2.45, 2.75) is 31.7 Å². The number of nitrogens with zero attached hydrogens (tertiary/aromatic N) is 1. The number of carbonyl (C=O) groups excluding carboxylic acids is 1. The number of piperidine rings is 1. The van der Waals surface area contributed by atoms with Crippen LogP contribution < -0.4 is 5.32 Å². The van der Waals surface area contributed by atoms with Gasteiger partial charge >= 0.3 is 0 Å². The van der Waals surface area contributed by atoms with Crippen molar-refractivity contribution in [3.8, 4) is 0 Å². The molecule has 2 aliphatic rings. The average molecular weight is 226 g/mol. The number of hydrogen-bond donors (Lipinski definition) is 1. The van der Waals surface area contributed by atoms with Gasteiger partial charge < -0.3 is 15.0 Å². The number of ether oxygens (including phenoxy) is 1. The molecule has 0 aromatic rings. The molecule has 0 aliphatic carbocycles. The first-order valence-corrected chi connectivity index (χ1v) is 6.33. The quantitative estimate of drug-likeness (QED) is 0.767. The molecule has 0 saturated carbocycles. The second kappa shape index (κ2) is 5.64. The van der Waals surface area contributed by atoms with E-state index in [1.165, 1.54) is 19.3 Å². The summed E-state index contributed by atoms with van der Waals surface area (Å²) in [5.41, 5.74) is 0. The highest BCUT2D eigenvalue weighted by molar-refractivity contribution is 5.79. The third-order valence-electron chi connectivity index (χ3n) is 3.56. The van der Waals surface area contributed by atoms with Crippen molar-refractivity contribution in [2.75, 3.05) is 33.4 Å². The maximum atomic E-state index is 12.0. The van der Waals surface area contributed by atoms with Gasteiger partial charge in [-0.1, -0.05) is 6.42 Å². The standard InChI is InChI=1S/C12H22N2O2/c1-14(8-11-4-2-3-6-13-11)12(15)10-5-7-16-9-10/h10-11,13H,2-9H2,1H3. The van der Waals surface area contributed by atoms with E-state index in [4.69, 9.17) is 4.74 Å². The molecule has 2 unspecified atom stereocenters. The average Bonchev–Trinajstić information content (AvgIpc) is 2.83. The van der Waals surface area contributed by atoms with Crippen LogP contribution in [0.1, 0.15) is 25.7 Å². The first-order chi connectivity index (χ1) is 7.77. The van der Waals surface area contributed by atoms with E-state index in [-0.39, 0.29) is 11.8 Å². The topological polar surface area (TPSA) is 41.6 Å². The third kappa shape index (κ3) is 2.95. The number of hydrogen-bond acceptors (Lipinski definition) is 3. The van der Waals surface area contributed by atoms with Crippen LogP contribution in [0.4, 0.5) is 0 Å². The van der Waals surface area contributed by atoms with Crippen molar-refractivity contribution in [1.29, 1.82) is 0 Å². The van der Waals surface area contributed by atoms with Crippen molar-refractivity contribution >= 4 is 5.91 Å². The molecular formula is C12H22N2O2. The Kier molecular flexibility index (Phi) is 4.18. The monoisotopic (exact) mass is 226 g/mol. The lowest BCUT2D eigenvalue weighted by Gasteiger charge is -2.29. The Balaban J connectivity index is 1.77. The predicted octanol–water partition coefficient (Wildman–Crippen LogP) is 0.623. The molecule has 2 saturated heterocycles. The van der Waals surface area contributed by atoms with Gasteiger partial charge in [-0.05, 0) is 25.8 Å². The molecule has 1 amide bonds. The molecule has 4 heteroatoms. The van der Waals surface area contributed by atoms with Gasteiger partial charge in [-0.3, -0.25) is 4.79 Å². The van der Waals surface area contributed by atoms with E-state index in [9.17, 15) is 4.79 Å². The zero-order valence-corrected chi connectivity index (χ0v) is 10.1. The predicted molar refractivity (Wildman–Crippen MR) is 62.2 cm³/mol. The van der Waals surface area contributed by atoms with E-state index < -0.39 is 0 Å². The molecule has 2 aliphatic heterocycles. The van der Waals surface area contributed by atoms with E-state index in [2.05, 4.69) is 5.32 Å². The first-order valence-electron chi connectivity index (χ1n) is 6.33. The van der Waals surface area contributed by atoms with Crippen LogP contribution in [0.25, 0.3) is 0 Å². The van der Waals surface area contributed by atoms with Crippen LogP contribution in [0, 0.1) is 5.92 Å². The highest BCUT2D eigenvalue weighted by atomic mass is 16.5. The molecule has 0 aromatic heterocycles. The highest BCUT2D eigenvalue weighted by Crippen LogP contribution is 2.16. The molecule has 1 N–H and O–H groups in total. The summed E-state index contributed by atoms with van der Waals surface area (Å²) in [6, 6.07) is 0.491. The molecule has 16 heavy (non-hydrogen) atoms. The van der Waals surface area contributed by atoms with Crippen LogP contribution in [0.5, 0.6) is 0 Å². The number of nitrogens with one attached hydrogen (secondary N) is 1. The van der Waals surface area contributed by atoms with E-state index in [0.29, 0.717) is 12.6 Å². The Morgan fingerprint density at radius 3 is 2.94 bits per heavy atom. The molecule has 2 fully saturated rings. The third-order valence-corrected chi connectivity index (χ3v) is 3.56. The molecule has 4 nitrogen and oxygen atoms in total. The van der Waals surface area contributed by atoms with Crippen molar-refractivity contribution in [2.24, 2.45) is 5.92 Å². The van der Waals surface area contributed by atoms with Gasteiger partial charge in [0.05, 0.1) is 12.5 Å². The van der Waals surface area contributed by atoms with Crippen LogP contribution in [0.2, 0.25) is 0 Å². The lowest BCUT2D eigenvalue weighted by molar-refractivity contribution is -0.134. The maximum Gasteiger partial charge on any atom is 0.227 e. The van der Waals surface area contributed by atoms with Crippen LogP contribution in [0.15, 0.2) is 0 Å². The lowest BCUT2D eigenvalue weighted by Crippen LogP contribution is -2.45. The van der Waals surface area contributed by atoms with Gasteiger partial charge in [-0.15, -0.1) is 0 Å². The maximum absolute atomic E-state index is 12.0. The van der Waals surface area contributed by atoms with Gasteiger partial charge in [0.25, 0.3) is 0 Å². The Morgan fingerprint density at radius 1 is 1.44 bits per heavy atom. The first kappa shape index (κ1) is 11.9. The summed E-state index contributed by atoms with van der Waals surface area (Å²) in [6.07, 6.45) is 4.64. The Hall–Kier alpha value is -0.610. The summed E-state index contributed by atoms with van der Waals surface area (Å²) >= 11 is 0. The van der Waals surface area contributed by atoms with Gasteiger partial charge in [-0.25, -0.2) is 0 Å². The fourth-order valence-corrected chi connectivity index (χ4v) is 2.54. The summed E-state index contributed by atoms with van der Waals surface area (Å²) in [4.78, 5) is 13.9. The van der Waals surface area contributed by atoms with E-state index in [0.717, 1.165) is 26.1 Å². The molecule has 0 aromatic carbocycles. The number of amides is 1. The van der Waals surface area contributed by atoms with Crippen LogP contribution in [-0.4, -0.2) is 50.2 Å². The number of likely N-dealkylation sites (N-methyl/N-ethyl adjacent to an activating group) is 1. The zero-order chi connectivity index (χ0) is 11.4. The minimum Gasteiger partial charge on any atom is -0.381 e. The molecule has 2 atom stereocenters. The fraction of sp³-hybridized carbons (Fsp3) is 0.917. The van der Waals surface area contributed by atoms with E-state index >= 15 is 0 Å². The van der Waals surface area contributed by atoms with Gasteiger partial charge in [0.15, 0.2) is 0 Å². The summed E-state index contributed by atoms with van der Waals surface area (Å²) in [5.74, 6) is 0.360. The molecular weight excluding hydrogens is 204 g/mol. The van der Waals surface area contributed by atoms with Crippen LogP contribution in [-0.2, 0) is 9.53 Å². The normalized spacial score (nSPS) is 30.3. The molecule has 0 bridgehead atoms. The van der Waals surface area contributed by atoms with Crippen molar-refractivity contribution in [1.82, 2.24) is 10.2 Å².